The molecule has 0 aliphatic carbocycles. The summed E-state index contributed by atoms with van der Waals surface area (Å²) >= 11 is 0. The number of carbonyl (C=O) groups is 2. The smallest absolute Gasteiger partial charge is 0.324 e. The maximum atomic E-state index is 13.6. The highest BCUT2D eigenvalue weighted by Crippen LogP contribution is 2.52. The van der Waals surface area contributed by atoms with Crippen LogP contribution in [0, 0.1) is 5.41 Å². The van der Waals surface area contributed by atoms with Gasteiger partial charge in [-0.05, 0) is 52.4 Å². The SMILES string of the molecule is CC(C)(C)OC(=O)C1(CCO)C(=O)c2ccccc2OC12CCNCC2. The van der Waals surface area contributed by atoms with Gasteiger partial charge >= 0.3 is 5.97 Å². The molecule has 1 atom stereocenters. The predicted molar refractivity (Wildman–Crippen MR) is 96.2 cm³/mol. The fraction of sp³-hybridized carbons (Fsp3) is 0.600. The molecule has 2 aliphatic rings. The van der Waals surface area contributed by atoms with E-state index in [9.17, 15) is 14.7 Å². The first-order chi connectivity index (χ1) is 12.3. The van der Waals surface area contributed by atoms with Gasteiger partial charge in [-0.2, -0.15) is 0 Å². The number of rotatable bonds is 3. The van der Waals surface area contributed by atoms with Gasteiger partial charge in [-0.25, -0.2) is 0 Å². The van der Waals surface area contributed by atoms with E-state index in [1.165, 1.54) is 0 Å². The minimum absolute atomic E-state index is 0.0188. The highest BCUT2D eigenvalue weighted by Gasteiger charge is 2.66. The number of aliphatic hydroxyl groups excluding tert-OH is 1. The first kappa shape index (κ1) is 18.9. The van der Waals surface area contributed by atoms with Crippen molar-refractivity contribution in [2.75, 3.05) is 19.7 Å². The van der Waals surface area contributed by atoms with Gasteiger partial charge in [-0.1, -0.05) is 12.1 Å². The van der Waals surface area contributed by atoms with Gasteiger partial charge in [0.05, 0.1) is 5.56 Å². The Morgan fingerprint density at radius 2 is 1.92 bits per heavy atom. The lowest BCUT2D eigenvalue weighted by atomic mass is 9.60. The summed E-state index contributed by atoms with van der Waals surface area (Å²) in [5, 5.41) is 13.0. The molecule has 1 spiro atoms. The van der Waals surface area contributed by atoms with E-state index < -0.39 is 22.6 Å². The standard InChI is InChI=1S/C20H27NO5/c1-18(2,3)26-17(24)20(10-13-22)16(23)14-6-4-5-7-15(14)25-19(20)8-11-21-12-9-19/h4-7,21-22H,8-13H2,1-3H3. The van der Waals surface area contributed by atoms with Crippen molar-refractivity contribution >= 4 is 11.8 Å². The van der Waals surface area contributed by atoms with Gasteiger partial charge < -0.3 is 19.9 Å². The fourth-order valence-electron chi connectivity index (χ4n) is 4.09. The van der Waals surface area contributed by atoms with Crippen molar-refractivity contribution in [3.63, 3.8) is 0 Å². The van der Waals surface area contributed by atoms with E-state index in [-0.39, 0.29) is 18.8 Å². The van der Waals surface area contributed by atoms with Crippen LogP contribution >= 0.6 is 0 Å². The molecule has 1 unspecified atom stereocenters. The third kappa shape index (κ3) is 2.91. The van der Waals surface area contributed by atoms with Crippen molar-refractivity contribution in [1.29, 1.82) is 0 Å². The summed E-state index contributed by atoms with van der Waals surface area (Å²) in [7, 11) is 0. The Bertz CT molecular complexity index is 702. The summed E-state index contributed by atoms with van der Waals surface area (Å²) in [6.07, 6.45) is 0.966. The zero-order valence-corrected chi connectivity index (χ0v) is 15.6. The molecule has 26 heavy (non-hydrogen) atoms. The molecule has 2 heterocycles. The van der Waals surface area contributed by atoms with Crippen LogP contribution in [0.25, 0.3) is 0 Å². The van der Waals surface area contributed by atoms with Crippen LogP contribution in [0.3, 0.4) is 0 Å². The molecule has 0 amide bonds. The fourth-order valence-corrected chi connectivity index (χ4v) is 4.09. The largest absolute Gasteiger partial charge is 0.485 e. The lowest BCUT2D eigenvalue weighted by Crippen LogP contribution is -2.67. The Kier molecular flexibility index (Phi) is 4.84. The molecule has 1 fully saturated rings. The Morgan fingerprint density at radius 1 is 1.27 bits per heavy atom. The van der Waals surface area contributed by atoms with Crippen LogP contribution in [0.15, 0.2) is 24.3 Å². The van der Waals surface area contributed by atoms with Gasteiger partial charge in [-0.15, -0.1) is 0 Å². The molecule has 6 heteroatoms. The highest BCUT2D eigenvalue weighted by atomic mass is 16.6. The van der Waals surface area contributed by atoms with E-state index in [1.807, 2.05) is 6.07 Å². The van der Waals surface area contributed by atoms with E-state index in [1.54, 1.807) is 39.0 Å². The Balaban J connectivity index is 2.19. The summed E-state index contributed by atoms with van der Waals surface area (Å²) in [6, 6.07) is 6.99. The average molecular weight is 361 g/mol. The van der Waals surface area contributed by atoms with Crippen molar-refractivity contribution in [3.8, 4) is 5.75 Å². The van der Waals surface area contributed by atoms with Crippen LogP contribution in [0.4, 0.5) is 0 Å². The normalized spacial score (nSPS) is 24.7. The van der Waals surface area contributed by atoms with Gasteiger partial charge in [0, 0.05) is 19.4 Å². The van der Waals surface area contributed by atoms with Gasteiger partial charge in [-0.3, -0.25) is 9.59 Å². The van der Waals surface area contributed by atoms with Crippen LogP contribution in [0.5, 0.6) is 5.75 Å². The molecule has 2 aliphatic heterocycles. The second-order valence-corrected chi connectivity index (χ2v) is 8.05. The minimum Gasteiger partial charge on any atom is -0.485 e. The third-order valence-electron chi connectivity index (χ3n) is 5.25. The number of ether oxygens (including phenoxy) is 2. The number of ketones is 1. The lowest BCUT2D eigenvalue weighted by molar-refractivity contribution is -0.182. The lowest BCUT2D eigenvalue weighted by Gasteiger charge is -2.52. The predicted octanol–water partition coefficient (Wildman–Crippen LogP) is 2.09. The number of piperidine rings is 1. The number of nitrogens with one attached hydrogen (secondary N) is 1. The maximum Gasteiger partial charge on any atom is 0.324 e. The minimum atomic E-state index is -1.55. The summed E-state index contributed by atoms with van der Waals surface area (Å²) in [4.78, 5) is 27.0. The number of fused-ring (bicyclic) bond motifs is 1. The van der Waals surface area contributed by atoms with Crippen LogP contribution in [0.1, 0.15) is 50.4 Å². The molecule has 1 saturated heterocycles. The van der Waals surface area contributed by atoms with E-state index in [0.717, 1.165) is 0 Å². The number of hydrogen-bond donors (Lipinski definition) is 2. The van der Waals surface area contributed by atoms with E-state index >= 15 is 0 Å². The number of aliphatic hydroxyl groups is 1. The molecule has 0 bridgehead atoms. The van der Waals surface area contributed by atoms with Gasteiger partial charge in [0.15, 0.2) is 11.2 Å². The van der Waals surface area contributed by atoms with Gasteiger partial charge in [0.25, 0.3) is 0 Å². The van der Waals surface area contributed by atoms with Gasteiger partial charge in [0.2, 0.25) is 0 Å². The van der Waals surface area contributed by atoms with Crippen LogP contribution in [-0.4, -0.2) is 47.8 Å². The van der Waals surface area contributed by atoms with E-state index in [0.29, 0.717) is 37.2 Å². The molecule has 2 N–H and O–H groups in total. The second-order valence-electron chi connectivity index (χ2n) is 8.05. The maximum absolute atomic E-state index is 13.6. The van der Waals surface area contributed by atoms with Crippen LogP contribution in [-0.2, 0) is 9.53 Å². The number of carbonyl (C=O) groups excluding carboxylic acids is 2. The van der Waals surface area contributed by atoms with Crippen molar-refractivity contribution in [2.24, 2.45) is 5.41 Å². The first-order valence-electron chi connectivity index (χ1n) is 9.14. The molecule has 0 aromatic heterocycles. The summed E-state index contributed by atoms with van der Waals surface area (Å²) in [5.41, 5.74) is -2.94. The van der Waals surface area contributed by atoms with Crippen LogP contribution in [0.2, 0.25) is 0 Å². The van der Waals surface area contributed by atoms with Crippen LogP contribution < -0.4 is 10.1 Å². The second kappa shape index (κ2) is 6.67. The number of benzene rings is 1. The molecule has 1 aromatic carbocycles. The monoisotopic (exact) mass is 361 g/mol. The first-order valence-corrected chi connectivity index (χ1v) is 9.14. The van der Waals surface area contributed by atoms with Crippen molar-refractivity contribution in [1.82, 2.24) is 5.32 Å². The van der Waals surface area contributed by atoms with Gasteiger partial charge in [0.1, 0.15) is 17.0 Å². The Hall–Kier alpha value is -1.92. The Labute approximate surface area is 153 Å². The summed E-state index contributed by atoms with van der Waals surface area (Å²) in [6.45, 7) is 6.28. The number of esters is 1. The molecule has 0 radical (unpaired) electrons. The Morgan fingerprint density at radius 3 is 2.54 bits per heavy atom. The zero-order valence-electron chi connectivity index (χ0n) is 15.6. The zero-order chi connectivity index (χ0) is 19.0. The molecule has 0 saturated carbocycles. The molecule has 3 rings (SSSR count). The van der Waals surface area contributed by atoms with E-state index in [4.69, 9.17) is 9.47 Å². The average Bonchev–Trinajstić information content (AvgIpc) is 2.58. The van der Waals surface area contributed by atoms with Crippen molar-refractivity contribution < 1.29 is 24.2 Å². The molecular weight excluding hydrogens is 334 g/mol. The molecule has 1 aromatic rings. The quantitative estimate of drug-likeness (QED) is 0.633. The molecular formula is C20H27NO5. The number of hydrogen-bond acceptors (Lipinski definition) is 6. The highest BCUT2D eigenvalue weighted by molar-refractivity contribution is 6.16. The third-order valence-corrected chi connectivity index (χ3v) is 5.25. The number of Topliss-reactive ketones (excluding diaryl/α,β-unsaturated/α-hetero) is 1. The molecule has 142 valence electrons. The topological polar surface area (TPSA) is 84.9 Å². The van der Waals surface area contributed by atoms with Crippen molar-refractivity contribution in [3.05, 3.63) is 29.8 Å². The van der Waals surface area contributed by atoms with Crippen molar-refractivity contribution in [2.45, 2.75) is 51.2 Å². The number of para-hydroxylation sites is 1. The summed E-state index contributed by atoms with van der Waals surface area (Å²) in [5.74, 6) is -0.429. The van der Waals surface area contributed by atoms with E-state index in [2.05, 4.69) is 5.32 Å². The summed E-state index contributed by atoms with van der Waals surface area (Å²) < 4.78 is 12.0. The molecule has 6 nitrogen and oxygen atoms in total.